The molecule has 43 heavy (non-hydrogen) atoms. The lowest BCUT2D eigenvalue weighted by molar-refractivity contribution is -0.149. The van der Waals surface area contributed by atoms with E-state index in [1.165, 1.54) is 20.8 Å². The number of aliphatic hydroxyl groups is 3. The predicted octanol–water partition coefficient (Wildman–Crippen LogP) is -0.618. The van der Waals surface area contributed by atoms with E-state index in [0.29, 0.717) is 9.13 Å². The minimum atomic E-state index is -3.83. The van der Waals surface area contributed by atoms with E-state index < -0.39 is 85.1 Å². The van der Waals surface area contributed by atoms with E-state index >= 15 is 0 Å². The molecule has 0 aromatic carbocycles. The third-order valence-electron chi connectivity index (χ3n) is 5.91. The molecule has 2 aromatic rings. The first-order valence-corrected chi connectivity index (χ1v) is 12.4. The zero-order valence-corrected chi connectivity index (χ0v) is 22.8. The van der Waals surface area contributed by atoms with Gasteiger partial charge >= 0.3 is 29.4 Å². The molecule has 2 aromatic heterocycles. The van der Waals surface area contributed by atoms with E-state index in [0.717, 1.165) is 24.5 Å². The highest BCUT2D eigenvalue weighted by Crippen LogP contribution is 2.44. The second-order valence-corrected chi connectivity index (χ2v) is 10.3. The molecule has 2 fully saturated rings. The van der Waals surface area contributed by atoms with Gasteiger partial charge in [-0.25, -0.2) is 14.4 Å². The number of alkyl halides is 4. The summed E-state index contributed by atoms with van der Waals surface area (Å²) >= 11 is 0. The summed E-state index contributed by atoms with van der Waals surface area (Å²) in [6.07, 6.45) is -10.9. The Balaban J connectivity index is 0.000000248. The van der Waals surface area contributed by atoms with Gasteiger partial charge < -0.3 is 45.7 Å². The number of aliphatic hydroxyl groups excluding tert-OH is 3. The van der Waals surface area contributed by atoms with Crippen molar-refractivity contribution < 1.29 is 56.6 Å². The standard InChI is InChI=1S/C14H19F2N3O6.C9H11F2N3O4/c1-13(2,3)25-12(22)24-9-7(6-20)23-10(14(9,15)16)19-5-4-8(17)18-11(19)21;10-9(11)6(16)4(3-15)18-7(9)14-2-1-5(12)13-8(14)17/h4-5,7,9-10,20H,6H2,1-3H3,(H2,17,18,21);1-2,4,6-7,15-16H,3H2,(H2,12,13,17)/t7-,9?,10-;4-,6?,7-/m11/s1. The van der Waals surface area contributed by atoms with Crippen LogP contribution in [0.15, 0.2) is 34.1 Å². The van der Waals surface area contributed by atoms with Crippen molar-refractivity contribution in [3.63, 3.8) is 0 Å². The minimum Gasteiger partial charge on any atom is -0.429 e. The topological polar surface area (TPSA) is 236 Å². The molecule has 2 saturated heterocycles. The van der Waals surface area contributed by atoms with Crippen LogP contribution in [0.2, 0.25) is 0 Å². The molecule has 2 aliphatic heterocycles. The summed E-state index contributed by atoms with van der Waals surface area (Å²) in [5.41, 5.74) is 7.50. The van der Waals surface area contributed by atoms with Crippen molar-refractivity contribution in [2.45, 2.75) is 75.1 Å². The van der Waals surface area contributed by atoms with Crippen LogP contribution in [0.4, 0.5) is 34.0 Å². The summed E-state index contributed by atoms with van der Waals surface area (Å²) in [7, 11) is 0. The smallest absolute Gasteiger partial charge is 0.429 e. The van der Waals surface area contributed by atoms with Gasteiger partial charge in [0.15, 0.2) is 6.10 Å². The van der Waals surface area contributed by atoms with Gasteiger partial charge in [-0.05, 0) is 32.9 Å². The Labute approximate surface area is 239 Å². The fraction of sp³-hybridized carbons (Fsp3) is 0.609. The van der Waals surface area contributed by atoms with Gasteiger partial charge in [0.25, 0.3) is 0 Å². The first-order valence-electron chi connectivity index (χ1n) is 12.4. The fourth-order valence-electron chi connectivity index (χ4n) is 3.97. The molecule has 4 heterocycles. The fourth-order valence-corrected chi connectivity index (χ4v) is 3.97. The summed E-state index contributed by atoms with van der Waals surface area (Å²) in [6, 6.07) is 2.29. The summed E-state index contributed by atoms with van der Waals surface area (Å²) in [6.45, 7) is 2.94. The molecule has 0 radical (unpaired) electrons. The SMILES string of the molecule is CC(C)(C)OC(=O)OC1[C@@H](CO)O[C@@H](n2ccc(N)nc2=O)C1(F)F.Nc1ccn([C@@H]2O[C@H](CO)C(O)C2(F)F)c(=O)n1. The molecule has 240 valence electrons. The number of aromatic nitrogens is 4. The highest BCUT2D eigenvalue weighted by molar-refractivity contribution is 5.61. The van der Waals surface area contributed by atoms with Crippen molar-refractivity contribution in [1.82, 2.24) is 19.1 Å². The van der Waals surface area contributed by atoms with Gasteiger partial charge in [-0.1, -0.05) is 0 Å². The number of carbonyl (C=O) groups is 1. The largest absolute Gasteiger partial charge is 0.509 e. The molecule has 20 heteroatoms. The Morgan fingerprint density at radius 3 is 1.77 bits per heavy atom. The van der Waals surface area contributed by atoms with Crippen LogP contribution in [-0.4, -0.2) is 95.7 Å². The molecule has 4 rings (SSSR count). The van der Waals surface area contributed by atoms with E-state index in [2.05, 4.69) is 14.7 Å². The van der Waals surface area contributed by atoms with Crippen LogP contribution in [0.3, 0.4) is 0 Å². The molecule has 2 unspecified atom stereocenters. The second kappa shape index (κ2) is 12.4. The van der Waals surface area contributed by atoms with E-state index in [4.69, 9.17) is 30.8 Å². The molecule has 0 amide bonds. The van der Waals surface area contributed by atoms with Gasteiger partial charge in [0.2, 0.25) is 18.6 Å². The van der Waals surface area contributed by atoms with Crippen molar-refractivity contribution in [3.05, 3.63) is 45.5 Å². The number of hydrogen-bond acceptors (Lipinski definition) is 14. The van der Waals surface area contributed by atoms with Crippen LogP contribution in [0.1, 0.15) is 33.2 Å². The number of nitrogen functional groups attached to an aromatic ring is 2. The zero-order valence-electron chi connectivity index (χ0n) is 22.8. The van der Waals surface area contributed by atoms with Crippen LogP contribution in [0.5, 0.6) is 0 Å². The van der Waals surface area contributed by atoms with Crippen molar-refractivity contribution in [2.75, 3.05) is 24.7 Å². The van der Waals surface area contributed by atoms with Crippen LogP contribution in [0.25, 0.3) is 0 Å². The Kier molecular flexibility index (Phi) is 9.71. The number of halogens is 4. The zero-order chi connectivity index (χ0) is 32.5. The van der Waals surface area contributed by atoms with Gasteiger partial charge in [-0.15, -0.1) is 0 Å². The Hall–Kier alpha value is -3.85. The number of hydrogen-bond donors (Lipinski definition) is 5. The number of nitrogens with zero attached hydrogens (tertiary/aromatic N) is 4. The van der Waals surface area contributed by atoms with Gasteiger partial charge in [-0.2, -0.15) is 27.5 Å². The van der Waals surface area contributed by atoms with Gasteiger partial charge in [-0.3, -0.25) is 9.13 Å². The van der Waals surface area contributed by atoms with Crippen molar-refractivity contribution in [3.8, 4) is 0 Å². The average molecular weight is 627 g/mol. The summed E-state index contributed by atoms with van der Waals surface area (Å²) < 4.78 is 77.1. The lowest BCUT2D eigenvalue weighted by Gasteiger charge is -2.25. The summed E-state index contributed by atoms with van der Waals surface area (Å²) in [5, 5.41) is 27.4. The average Bonchev–Trinajstić information content (AvgIpc) is 3.26. The van der Waals surface area contributed by atoms with Gasteiger partial charge in [0.1, 0.15) is 29.4 Å². The van der Waals surface area contributed by atoms with Gasteiger partial charge in [0.05, 0.1) is 13.2 Å². The monoisotopic (exact) mass is 626 g/mol. The molecule has 0 aliphatic carbocycles. The first-order chi connectivity index (χ1) is 19.8. The van der Waals surface area contributed by atoms with Crippen molar-refractivity contribution >= 4 is 17.8 Å². The molecule has 6 atom stereocenters. The number of anilines is 2. The maximum atomic E-state index is 14.7. The van der Waals surface area contributed by atoms with E-state index in [9.17, 15) is 42.2 Å². The molecular formula is C23H30F4N6O10. The van der Waals surface area contributed by atoms with Crippen LogP contribution < -0.4 is 22.8 Å². The molecule has 0 saturated carbocycles. The molecule has 0 bridgehead atoms. The third-order valence-corrected chi connectivity index (χ3v) is 5.91. The highest BCUT2D eigenvalue weighted by Gasteiger charge is 2.63. The second-order valence-electron chi connectivity index (χ2n) is 10.3. The molecular weight excluding hydrogens is 596 g/mol. The first kappa shape index (κ1) is 33.6. The predicted molar refractivity (Wildman–Crippen MR) is 135 cm³/mol. The van der Waals surface area contributed by atoms with Crippen LogP contribution >= 0.6 is 0 Å². The Morgan fingerprint density at radius 1 is 0.930 bits per heavy atom. The minimum absolute atomic E-state index is 0.114. The number of ether oxygens (including phenoxy) is 4. The number of nitrogens with two attached hydrogens (primary N) is 2. The van der Waals surface area contributed by atoms with Crippen molar-refractivity contribution in [2.24, 2.45) is 0 Å². The van der Waals surface area contributed by atoms with Gasteiger partial charge in [0, 0.05) is 12.4 Å². The van der Waals surface area contributed by atoms with Crippen LogP contribution in [-0.2, 0) is 18.9 Å². The van der Waals surface area contributed by atoms with Crippen molar-refractivity contribution in [1.29, 1.82) is 0 Å². The Bertz CT molecular complexity index is 1420. The summed E-state index contributed by atoms with van der Waals surface area (Å²) in [4.78, 5) is 41.6. The lowest BCUT2D eigenvalue weighted by Crippen LogP contribution is -2.45. The Morgan fingerprint density at radius 2 is 1.37 bits per heavy atom. The normalized spacial score (nSPS) is 27.7. The van der Waals surface area contributed by atoms with Crippen LogP contribution in [0, 0.1) is 0 Å². The maximum absolute atomic E-state index is 14.7. The summed E-state index contributed by atoms with van der Waals surface area (Å²) in [5.74, 6) is -7.80. The third kappa shape index (κ3) is 7.21. The van der Waals surface area contributed by atoms with E-state index in [1.807, 2.05) is 0 Å². The molecule has 7 N–H and O–H groups in total. The highest BCUT2D eigenvalue weighted by atomic mass is 19.3. The number of carbonyl (C=O) groups excluding carboxylic acids is 1. The molecule has 0 spiro atoms. The lowest BCUT2D eigenvalue weighted by atomic mass is 10.1. The maximum Gasteiger partial charge on any atom is 0.509 e. The molecule has 16 nitrogen and oxygen atoms in total. The van der Waals surface area contributed by atoms with E-state index in [-0.39, 0.29) is 11.6 Å². The molecule has 2 aliphatic rings. The van der Waals surface area contributed by atoms with E-state index in [1.54, 1.807) is 0 Å². The quantitative estimate of drug-likeness (QED) is 0.206. The number of rotatable bonds is 5.